The van der Waals surface area contributed by atoms with E-state index in [0.717, 1.165) is 48.9 Å². The Morgan fingerprint density at radius 1 is 0.707 bits per heavy atom. The van der Waals surface area contributed by atoms with E-state index < -0.39 is 0 Å². The normalized spacial score (nSPS) is 11.6. The molecule has 5 aromatic rings. The van der Waals surface area contributed by atoms with Crippen LogP contribution in [0.15, 0.2) is 155 Å². The number of nitrogens with zero attached hydrogens (tertiary/aromatic N) is 3. The largest absolute Gasteiger partial charge is 0.386 e. The van der Waals surface area contributed by atoms with Crippen molar-refractivity contribution in [2.75, 3.05) is 13.1 Å². The van der Waals surface area contributed by atoms with Crippen LogP contribution >= 0.6 is 0 Å². The Morgan fingerprint density at radius 3 is 1.81 bits per heavy atom. The van der Waals surface area contributed by atoms with Gasteiger partial charge in [-0.05, 0) is 68.4 Å². The van der Waals surface area contributed by atoms with E-state index in [4.69, 9.17) is 17.2 Å². The predicted molar refractivity (Wildman–Crippen MR) is 231 cm³/mol. The molecule has 2 atom stereocenters. The van der Waals surface area contributed by atoms with E-state index in [1.165, 1.54) is 12.1 Å². The van der Waals surface area contributed by atoms with E-state index in [9.17, 15) is 19.2 Å². The summed E-state index contributed by atoms with van der Waals surface area (Å²) in [5.74, 6) is 0.0454. The second-order valence-electron chi connectivity index (χ2n) is 14.0. The van der Waals surface area contributed by atoms with E-state index in [1.807, 2.05) is 105 Å². The lowest BCUT2D eigenvalue weighted by Gasteiger charge is -2.21. The monoisotopic (exact) mass is 785 g/mol. The van der Waals surface area contributed by atoms with Crippen molar-refractivity contribution >= 4 is 17.8 Å². The molecule has 0 aliphatic heterocycles. The Kier molecular flexibility index (Phi) is 17.1. The summed E-state index contributed by atoms with van der Waals surface area (Å²) in [4.78, 5) is 54.1. The molecule has 5 rings (SSSR count). The average Bonchev–Trinajstić information content (AvgIpc) is 3.21. The maximum atomic E-state index is 13.0. The molecule has 13 heteroatoms. The number of pyridine rings is 2. The second kappa shape index (κ2) is 22.6. The molecule has 2 aromatic heterocycles. The molecular formula is C45H55N9O4. The standard InChI is InChI=1S/C25H29N5O2.C20H26N4O2/c1-18(9-8-15-28-25(26)27)29-24(32)21-14-16-30(22(31)17-21)23(19-10-4-2-5-11-19)20-12-6-3-7-13-20;1-15(7-6-12-22-16(2)21)23-20(26)18-10-11-19(25)24(14-18)13-17-8-4-3-5-9-17/h2-7,10-14,16-18,23H,8-9,15H2,1H3,(H,29,32)(H4,26,27,28);3-5,8-11,14-15,22H,2,6-7,12-13,21H2,1H3,(H,23,26). The number of benzene rings is 3. The highest BCUT2D eigenvalue weighted by Crippen LogP contribution is 2.25. The molecule has 2 unspecified atom stereocenters. The molecule has 0 aliphatic carbocycles. The number of guanidine groups is 1. The summed E-state index contributed by atoms with van der Waals surface area (Å²) < 4.78 is 3.20. The number of hydrogen-bond acceptors (Lipinski definition) is 7. The number of amides is 2. The molecule has 0 bridgehead atoms. The maximum Gasteiger partial charge on any atom is 0.252 e. The Hall–Kier alpha value is -6.89. The molecule has 13 nitrogen and oxygen atoms in total. The number of aliphatic imine (C=N–C) groups is 1. The van der Waals surface area contributed by atoms with Crippen LogP contribution in [0.4, 0.5) is 0 Å². The minimum absolute atomic E-state index is 0.0184. The number of nitrogens with one attached hydrogen (secondary N) is 3. The molecule has 0 fully saturated rings. The zero-order chi connectivity index (χ0) is 41.9. The van der Waals surface area contributed by atoms with Crippen molar-refractivity contribution in [2.24, 2.45) is 22.2 Å². The van der Waals surface area contributed by atoms with Crippen LogP contribution < -0.4 is 44.3 Å². The van der Waals surface area contributed by atoms with Crippen molar-refractivity contribution in [3.8, 4) is 0 Å². The van der Waals surface area contributed by atoms with Crippen LogP contribution in [-0.2, 0) is 6.54 Å². The number of carbonyl (C=O) groups excluding carboxylic acids is 2. The number of rotatable bonds is 18. The van der Waals surface area contributed by atoms with Crippen molar-refractivity contribution in [1.82, 2.24) is 25.1 Å². The van der Waals surface area contributed by atoms with E-state index >= 15 is 0 Å². The van der Waals surface area contributed by atoms with Gasteiger partial charge in [0, 0.05) is 55.3 Å². The van der Waals surface area contributed by atoms with Crippen LogP contribution in [-0.4, -0.2) is 52.1 Å². The molecule has 0 spiro atoms. The predicted octanol–water partition coefficient (Wildman–Crippen LogP) is 4.47. The second-order valence-corrected chi connectivity index (χ2v) is 14.0. The van der Waals surface area contributed by atoms with Gasteiger partial charge in [0.15, 0.2) is 5.96 Å². The van der Waals surface area contributed by atoms with Gasteiger partial charge in [-0.3, -0.25) is 24.2 Å². The maximum absolute atomic E-state index is 13.0. The number of aromatic nitrogens is 2. The topological polar surface area (TPSA) is 205 Å². The molecule has 2 amide bonds. The molecule has 0 radical (unpaired) electrons. The van der Waals surface area contributed by atoms with Gasteiger partial charge >= 0.3 is 0 Å². The molecule has 304 valence electrons. The first-order valence-electron chi connectivity index (χ1n) is 19.3. The SMILES string of the molecule is C=C(N)NCCCC(C)NC(=O)c1ccc(=O)n(Cc2ccccc2)c1.CC(CCCN=C(N)N)NC(=O)c1ccn(C(c2ccccc2)c2ccccc2)c(=O)c1. The summed E-state index contributed by atoms with van der Waals surface area (Å²) in [6, 6.07) is 35.1. The van der Waals surface area contributed by atoms with Gasteiger partial charge in [0.2, 0.25) is 0 Å². The molecule has 0 saturated heterocycles. The van der Waals surface area contributed by atoms with Gasteiger partial charge in [0.05, 0.1) is 24.0 Å². The summed E-state index contributed by atoms with van der Waals surface area (Å²) >= 11 is 0. The Bertz CT molecular complexity index is 2180. The van der Waals surface area contributed by atoms with Gasteiger partial charge in [-0.25, -0.2) is 0 Å². The van der Waals surface area contributed by atoms with Crippen LogP contribution in [0.3, 0.4) is 0 Å². The first-order chi connectivity index (χ1) is 27.9. The minimum atomic E-state index is -0.281. The number of hydrogen-bond donors (Lipinski definition) is 6. The van der Waals surface area contributed by atoms with Gasteiger partial charge in [-0.2, -0.15) is 0 Å². The lowest BCUT2D eigenvalue weighted by molar-refractivity contribution is 0.0929. The van der Waals surface area contributed by atoms with Crippen molar-refractivity contribution in [3.05, 3.63) is 189 Å². The quantitative estimate of drug-likeness (QED) is 0.0424. The highest BCUT2D eigenvalue weighted by Gasteiger charge is 2.19. The van der Waals surface area contributed by atoms with Crippen molar-refractivity contribution in [2.45, 2.75) is 64.2 Å². The minimum Gasteiger partial charge on any atom is -0.386 e. The van der Waals surface area contributed by atoms with E-state index in [1.54, 1.807) is 33.7 Å². The van der Waals surface area contributed by atoms with Crippen LogP contribution in [0, 0.1) is 0 Å². The number of nitrogens with two attached hydrogens (primary N) is 3. The summed E-state index contributed by atoms with van der Waals surface area (Å²) in [5.41, 5.74) is 19.5. The Balaban J connectivity index is 0.000000262. The van der Waals surface area contributed by atoms with Crippen molar-refractivity contribution < 1.29 is 9.59 Å². The molecule has 0 saturated carbocycles. The van der Waals surface area contributed by atoms with Crippen LogP contribution in [0.5, 0.6) is 0 Å². The Labute approximate surface area is 339 Å². The zero-order valence-electron chi connectivity index (χ0n) is 33.2. The lowest BCUT2D eigenvalue weighted by Crippen LogP contribution is -2.34. The fraction of sp³-hybridized carbons (Fsp3) is 0.267. The van der Waals surface area contributed by atoms with Gasteiger partial charge < -0.3 is 42.3 Å². The summed E-state index contributed by atoms with van der Waals surface area (Å²) in [7, 11) is 0. The van der Waals surface area contributed by atoms with E-state index in [-0.39, 0.29) is 47.0 Å². The highest BCUT2D eigenvalue weighted by atomic mass is 16.2. The van der Waals surface area contributed by atoms with Crippen molar-refractivity contribution in [1.29, 1.82) is 0 Å². The fourth-order valence-corrected chi connectivity index (χ4v) is 6.22. The first kappa shape index (κ1) is 43.8. The summed E-state index contributed by atoms with van der Waals surface area (Å²) in [6.45, 7) is 9.11. The molecule has 2 heterocycles. The first-order valence-corrected chi connectivity index (χ1v) is 19.3. The highest BCUT2D eigenvalue weighted by molar-refractivity contribution is 5.94. The van der Waals surface area contributed by atoms with Crippen molar-refractivity contribution in [3.63, 3.8) is 0 Å². The van der Waals surface area contributed by atoms with E-state index in [2.05, 4.69) is 27.5 Å². The molecule has 9 N–H and O–H groups in total. The van der Waals surface area contributed by atoms with Crippen LogP contribution in [0.25, 0.3) is 0 Å². The van der Waals surface area contributed by atoms with Gasteiger partial charge in [0.1, 0.15) is 0 Å². The van der Waals surface area contributed by atoms with Gasteiger partial charge in [-0.15, -0.1) is 0 Å². The summed E-state index contributed by atoms with van der Waals surface area (Å²) in [5, 5.41) is 8.84. The third-order valence-electron chi connectivity index (χ3n) is 9.17. The third kappa shape index (κ3) is 14.3. The molecule has 3 aromatic carbocycles. The van der Waals surface area contributed by atoms with Gasteiger partial charge in [0.25, 0.3) is 22.9 Å². The fourth-order valence-electron chi connectivity index (χ4n) is 6.22. The lowest BCUT2D eigenvalue weighted by atomic mass is 9.98. The smallest absolute Gasteiger partial charge is 0.252 e. The van der Waals surface area contributed by atoms with Gasteiger partial charge in [-0.1, -0.05) is 97.6 Å². The van der Waals surface area contributed by atoms with Crippen LogP contribution in [0.1, 0.15) is 83.0 Å². The molecular weight excluding hydrogens is 731 g/mol. The average molecular weight is 786 g/mol. The van der Waals surface area contributed by atoms with E-state index in [0.29, 0.717) is 30.0 Å². The zero-order valence-corrected chi connectivity index (χ0v) is 33.2. The summed E-state index contributed by atoms with van der Waals surface area (Å²) in [6.07, 6.45) is 6.45. The number of carbonyl (C=O) groups is 2. The Morgan fingerprint density at radius 2 is 1.26 bits per heavy atom. The third-order valence-corrected chi connectivity index (χ3v) is 9.17. The molecule has 58 heavy (non-hydrogen) atoms. The van der Waals surface area contributed by atoms with Crippen LogP contribution in [0.2, 0.25) is 0 Å². The molecule has 0 aliphatic rings.